The van der Waals surface area contributed by atoms with Gasteiger partial charge in [-0.1, -0.05) is 13.0 Å². The molecule has 0 saturated carbocycles. The number of fused-ring (bicyclic) bond motifs is 1. The molecule has 24 heavy (non-hydrogen) atoms. The van der Waals surface area contributed by atoms with E-state index >= 15 is 0 Å². The zero-order chi connectivity index (χ0) is 17.3. The van der Waals surface area contributed by atoms with Crippen LogP contribution in [0.2, 0.25) is 0 Å². The van der Waals surface area contributed by atoms with Gasteiger partial charge in [-0.15, -0.1) is 0 Å². The van der Waals surface area contributed by atoms with Crippen molar-refractivity contribution in [2.45, 2.75) is 20.3 Å². The van der Waals surface area contributed by atoms with Crippen LogP contribution in [0.4, 0.5) is 10.1 Å². The molecule has 1 heterocycles. The zero-order valence-corrected chi connectivity index (χ0v) is 13.4. The van der Waals surface area contributed by atoms with E-state index < -0.39 is 5.82 Å². The summed E-state index contributed by atoms with van der Waals surface area (Å²) in [6.45, 7) is 3.87. The van der Waals surface area contributed by atoms with Crippen molar-refractivity contribution in [1.82, 2.24) is 4.98 Å². The molecule has 1 amide bonds. The van der Waals surface area contributed by atoms with Crippen molar-refractivity contribution in [2.24, 2.45) is 0 Å². The summed E-state index contributed by atoms with van der Waals surface area (Å²) in [4.78, 5) is 27.1. The topological polar surface area (TPSA) is 62.0 Å². The average Bonchev–Trinajstić information content (AvgIpc) is 2.55. The quantitative estimate of drug-likeness (QED) is 0.770. The average molecular weight is 324 g/mol. The van der Waals surface area contributed by atoms with Gasteiger partial charge < -0.3 is 10.3 Å². The summed E-state index contributed by atoms with van der Waals surface area (Å²) < 4.78 is 12.9. The SMILES string of the molecule is CCc1c(C)c2ccc(NC(=O)c3ccc(F)cc3)cc2[nH]c1=O. The molecule has 0 unspecified atom stereocenters. The highest BCUT2D eigenvalue weighted by atomic mass is 19.1. The number of aryl methyl sites for hydroxylation is 1. The normalized spacial score (nSPS) is 10.8. The predicted octanol–water partition coefficient (Wildman–Crippen LogP) is 3.79. The molecular formula is C19H17FN2O2. The first-order chi connectivity index (χ1) is 11.5. The Morgan fingerprint density at radius 3 is 2.54 bits per heavy atom. The third kappa shape index (κ3) is 2.93. The molecule has 122 valence electrons. The van der Waals surface area contributed by atoms with Gasteiger partial charge in [0.25, 0.3) is 11.5 Å². The molecule has 0 atom stereocenters. The smallest absolute Gasteiger partial charge is 0.255 e. The number of rotatable bonds is 3. The molecule has 2 N–H and O–H groups in total. The van der Waals surface area contributed by atoms with Crippen molar-refractivity contribution in [3.63, 3.8) is 0 Å². The van der Waals surface area contributed by atoms with E-state index in [0.29, 0.717) is 23.2 Å². The second-order valence-corrected chi connectivity index (χ2v) is 5.63. The summed E-state index contributed by atoms with van der Waals surface area (Å²) in [6.07, 6.45) is 0.667. The fraction of sp³-hybridized carbons (Fsp3) is 0.158. The molecule has 4 nitrogen and oxygen atoms in total. The number of aromatic amines is 1. The van der Waals surface area contributed by atoms with Crippen molar-refractivity contribution < 1.29 is 9.18 Å². The van der Waals surface area contributed by atoms with E-state index in [1.165, 1.54) is 24.3 Å². The van der Waals surface area contributed by atoms with Gasteiger partial charge in [0.05, 0.1) is 5.52 Å². The standard InChI is InChI=1S/C19H17FN2O2/c1-3-15-11(2)16-9-8-14(10-17(16)22-19(15)24)21-18(23)12-4-6-13(20)7-5-12/h4-10H,3H2,1-2H3,(H,21,23)(H,22,24). The van der Waals surface area contributed by atoms with E-state index in [0.717, 1.165) is 16.5 Å². The zero-order valence-electron chi connectivity index (χ0n) is 13.4. The highest BCUT2D eigenvalue weighted by molar-refractivity contribution is 6.05. The number of aromatic nitrogens is 1. The Labute approximate surface area is 138 Å². The van der Waals surface area contributed by atoms with Gasteiger partial charge in [0.1, 0.15) is 5.82 Å². The Hall–Kier alpha value is -2.95. The van der Waals surface area contributed by atoms with Crippen LogP contribution < -0.4 is 10.9 Å². The van der Waals surface area contributed by atoms with Gasteiger partial charge in [0.2, 0.25) is 0 Å². The van der Waals surface area contributed by atoms with Gasteiger partial charge in [-0.3, -0.25) is 9.59 Å². The molecule has 0 radical (unpaired) electrons. The molecular weight excluding hydrogens is 307 g/mol. The number of pyridine rings is 1. The summed E-state index contributed by atoms with van der Waals surface area (Å²) >= 11 is 0. The monoisotopic (exact) mass is 324 g/mol. The maximum atomic E-state index is 12.9. The number of nitrogens with one attached hydrogen (secondary N) is 2. The van der Waals surface area contributed by atoms with E-state index in [1.807, 2.05) is 19.9 Å². The van der Waals surface area contributed by atoms with Crippen LogP contribution >= 0.6 is 0 Å². The van der Waals surface area contributed by atoms with E-state index in [1.54, 1.807) is 12.1 Å². The fourth-order valence-electron chi connectivity index (χ4n) is 2.81. The number of halogens is 1. The molecule has 0 aliphatic carbocycles. The molecule has 3 rings (SSSR count). The van der Waals surface area contributed by atoms with E-state index in [-0.39, 0.29) is 11.5 Å². The lowest BCUT2D eigenvalue weighted by Crippen LogP contribution is -2.15. The van der Waals surface area contributed by atoms with E-state index in [2.05, 4.69) is 10.3 Å². The second-order valence-electron chi connectivity index (χ2n) is 5.63. The van der Waals surface area contributed by atoms with Crippen molar-refractivity contribution >= 4 is 22.5 Å². The maximum absolute atomic E-state index is 12.9. The largest absolute Gasteiger partial charge is 0.322 e. The summed E-state index contributed by atoms with van der Waals surface area (Å²) in [7, 11) is 0. The van der Waals surface area contributed by atoms with Gasteiger partial charge in [0, 0.05) is 22.2 Å². The van der Waals surface area contributed by atoms with Crippen LogP contribution in [-0.4, -0.2) is 10.9 Å². The van der Waals surface area contributed by atoms with Crippen molar-refractivity contribution in [1.29, 1.82) is 0 Å². The number of hydrogen-bond acceptors (Lipinski definition) is 2. The first-order valence-corrected chi connectivity index (χ1v) is 7.72. The molecule has 0 aliphatic rings. The molecule has 2 aromatic carbocycles. The molecule has 1 aromatic heterocycles. The van der Waals surface area contributed by atoms with E-state index in [9.17, 15) is 14.0 Å². The first kappa shape index (κ1) is 15.9. The van der Waals surface area contributed by atoms with Crippen molar-refractivity contribution in [3.8, 4) is 0 Å². The number of benzene rings is 2. The number of H-pyrrole nitrogens is 1. The highest BCUT2D eigenvalue weighted by Gasteiger charge is 2.10. The molecule has 3 aromatic rings. The third-order valence-electron chi connectivity index (χ3n) is 4.12. The minimum Gasteiger partial charge on any atom is -0.322 e. The molecule has 0 aliphatic heterocycles. The Balaban J connectivity index is 1.95. The number of carbonyl (C=O) groups excluding carboxylic acids is 1. The lowest BCUT2D eigenvalue weighted by molar-refractivity contribution is 0.102. The Morgan fingerprint density at radius 1 is 1.17 bits per heavy atom. The van der Waals surface area contributed by atoms with Gasteiger partial charge in [-0.25, -0.2) is 4.39 Å². The van der Waals surface area contributed by atoms with E-state index in [4.69, 9.17) is 0 Å². The van der Waals surface area contributed by atoms with Crippen molar-refractivity contribution in [2.75, 3.05) is 5.32 Å². The highest BCUT2D eigenvalue weighted by Crippen LogP contribution is 2.22. The van der Waals surface area contributed by atoms with Crippen LogP contribution in [0.25, 0.3) is 10.9 Å². The van der Waals surface area contributed by atoms with Crippen LogP contribution in [0.5, 0.6) is 0 Å². The number of hydrogen-bond donors (Lipinski definition) is 2. The number of anilines is 1. The number of amides is 1. The Morgan fingerprint density at radius 2 is 1.88 bits per heavy atom. The minimum absolute atomic E-state index is 0.107. The number of carbonyl (C=O) groups is 1. The summed E-state index contributed by atoms with van der Waals surface area (Å²) in [5, 5.41) is 3.70. The van der Waals surface area contributed by atoms with Crippen LogP contribution in [-0.2, 0) is 6.42 Å². The predicted molar refractivity (Wildman–Crippen MR) is 93.0 cm³/mol. The van der Waals surface area contributed by atoms with Gasteiger partial charge >= 0.3 is 0 Å². The van der Waals surface area contributed by atoms with Crippen LogP contribution in [0.3, 0.4) is 0 Å². The van der Waals surface area contributed by atoms with Crippen LogP contribution in [0.15, 0.2) is 47.3 Å². The summed E-state index contributed by atoms with van der Waals surface area (Å²) in [5.41, 5.74) is 3.22. The molecule has 0 saturated heterocycles. The molecule has 0 fully saturated rings. The third-order valence-corrected chi connectivity index (χ3v) is 4.12. The van der Waals surface area contributed by atoms with Crippen LogP contribution in [0.1, 0.15) is 28.4 Å². The lowest BCUT2D eigenvalue weighted by Gasteiger charge is -2.10. The van der Waals surface area contributed by atoms with Gasteiger partial charge in [-0.05, 0) is 55.3 Å². The second kappa shape index (κ2) is 6.28. The fourth-order valence-corrected chi connectivity index (χ4v) is 2.81. The first-order valence-electron chi connectivity index (χ1n) is 7.72. The summed E-state index contributed by atoms with van der Waals surface area (Å²) in [6, 6.07) is 10.7. The summed E-state index contributed by atoms with van der Waals surface area (Å²) in [5.74, 6) is -0.726. The Kier molecular flexibility index (Phi) is 4.16. The van der Waals surface area contributed by atoms with Gasteiger partial charge in [-0.2, -0.15) is 0 Å². The van der Waals surface area contributed by atoms with Crippen molar-refractivity contribution in [3.05, 3.63) is 75.3 Å². The molecule has 5 heteroatoms. The molecule has 0 spiro atoms. The Bertz CT molecular complexity index is 975. The maximum Gasteiger partial charge on any atom is 0.255 e. The van der Waals surface area contributed by atoms with Gasteiger partial charge in [0.15, 0.2) is 0 Å². The van der Waals surface area contributed by atoms with Crippen LogP contribution in [0, 0.1) is 12.7 Å². The molecule has 0 bridgehead atoms. The minimum atomic E-state index is -0.392. The lowest BCUT2D eigenvalue weighted by atomic mass is 10.0.